The number of carbonyl (C=O) groups excluding carboxylic acids is 2. The highest BCUT2D eigenvalue weighted by Crippen LogP contribution is 2.09. The second-order valence-electron chi connectivity index (χ2n) is 6.39. The zero-order valence-corrected chi connectivity index (χ0v) is 14.1. The van der Waals surface area contributed by atoms with Crippen molar-refractivity contribution in [1.29, 1.82) is 0 Å². The Morgan fingerprint density at radius 1 is 1.05 bits per heavy atom. The van der Waals surface area contributed by atoms with Gasteiger partial charge in [-0.2, -0.15) is 0 Å². The smallest absolute Gasteiger partial charge is 0.410 e. The summed E-state index contributed by atoms with van der Waals surface area (Å²) in [6.07, 6.45) is 0.302. The molecule has 5 heteroatoms. The summed E-state index contributed by atoms with van der Waals surface area (Å²) in [6.45, 7) is 6.02. The van der Waals surface area contributed by atoms with E-state index in [0.717, 1.165) is 6.42 Å². The molecule has 0 atom stereocenters. The van der Waals surface area contributed by atoms with E-state index in [-0.39, 0.29) is 12.5 Å². The maximum absolute atomic E-state index is 12.1. The standard InChI is InChI=1S/C17H26N2O3/c1-17(2,3)22-16(21)19(5)13-15(20)18(4)12-11-14-9-7-6-8-10-14/h6-10H,11-13H2,1-5H3. The fourth-order valence-electron chi connectivity index (χ4n) is 1.79. The Hall–Kier alpha value is -2.04. The minimum absolute atomic E-state index is 0.0141. The Labute approximate surface area is 132 Å². The largest absolute Gasteiger partial charge is 0.444 e. The van der Waals surface area contributed by atoms with Gasteiger partial charge in [-0.25, -0.2) is 4.79 Å². The maximum Gasteiger partial charge on any atom is 0.410 e. The number of carbonyl (C=O) groups is 2. The van der Waals surface area contributed by atoms with E-state index >= 15 is 0 Å². The van der Waals surface area contributed by atoms with E-state index in [1.165, 1.54) is 10.5 Å². The van der Waals surface area contributed by atoms with Gasteiger partial charge in [-0.3, -0.25) is 4.79 Å². The lowest BCUT2D eigenvalue weighted by atomic mass is 10.1. The summed E-state index contributed by atoms with van der Waals surface area (Å²) < 4.78 is 5.23. The van der Waals surface area contributed by atoms with Crippen molar-refractivity contribution >= 4 is 12.0 Å². The molecule has 0 unspecified atom stereocenters. The zero-order chi connectivity index (χ0) is 16.8. The molecule has 0 fully saturated rings. The number of likely N-dealkylation sites (N-methyl/N-ethyl adjacent to an activating group) is 2. The Morgan fingerprint density at radius 3 is 2.18 bits per heavy atom. The van der Waals surface area contributed by atoms with E-state index in [4.69, 9.17) is 4.74 Å². The number of hydrogen-bond acceptors (Lipinski definition) is 3. The van der Waals surface area contributed by atoms with Crippen LogP contribution in [-0.4, -0.2) is 54.6 Å². The molecule has 0 radical (unpaired) electrons. The van der Waals surface area contributed by atoms with Gasteiger partial charge >= 0.3 is 6.09 Å². The minimum atomic E-state index is -0.562. The summed E-state index contributed by atoms with van der Waals surface area (Å²) in [5.41, 5.74) is 0.621. The Bertz CT molecular complexity index is 494. The van der Waals surface area contributed by atoms with Crippen molar-refractivity contribution in [3.8, 4) is 0 Å². The van der Waals surface area contributed by atoms with Crippen molar-refractivity contribution in [3.63, 3.8) is 0 Å². The number of ether oxygens (including phenoxy) is 1. The average molecular weight is 306 g/mol. The van der Waals surface area contributed by atoms with Crippen LogP contribution in [0.5, 0.6) is 0 Å². The molecule has 1 aromatic carbocycles. The zero-order valence-electron chi connectivity index (χ0n) is 14.1. The molecule has 5 nitrogen and oxygen atoms in total. The van der Waals surface area contributed by atoms with Crippen LogP contribution in [0.2, 0.25) is 0 Å². The van der Waals surface area contributed by atoms with Crippen LogP contribution in [0.4, 0.5) is 4.79 Å². The molecule has 0 aliphatic rings. The van der Waals surface area contributed by atoms with E-state index in [2.05, 4.69) is 0 Å². The van der Waals surface area contributed by atoms with E-state index in [9.17, 15) is 9.59 Å². The lowest BCUT2D eigenvalue weighted by Gasteiger charge is -2.26. The second-order valence-corrected chi connectivity index (χ2v) is 6.39. The average Bonchev–Trinajstić information content (AvgIpc) is 2.43. The number of benzene rings is 1. The molecule has 0 aromatic heterocycles. The first kappa shape index (κ1) is 18.0. The molecule has 0 heterocycles. The van der Waals surface area contributed by atoms with Crippen molar-refractivity contribution in [1.82, 2.24) is 9.80 Å². The number of rotatable bonds is 5. The first-order valence-electron chi connectivity index (χ1n) is 7.41. The molecule has 0 saturated heterocycles. The van der Waals surface area contributed by atoms with Gasteiger partial charge in [0, 0.05) is 20.6 Å². The first-order valence-corrected chi connectivity index (χ1v) is 7.41. The maximum atomic E-state index is 12.1. The molecular weight excluding hydrogens is 280 g/mol. The second kappa shape index (κ2) is 7.82. The van der Waals surface area contributed by atoms with E-state index in [1.807, 2.05) is 30.3 Å². The van der Waals surface area contributed by atoms with Crippen LogP contribution >= 0.6 is 0 Å². The lowest BCUT2D eigenvalue weighted by Crippen LogP contribution is -2.42. The van der Waals surface area contributed by atoms with Crippen LogP contribution in [-0.2, 0) is 16.0 Å². The van der Waals surface area contributed by atoms with Gasteiger partial charge in [0.2, 0.25) is 5.91 Å². The lowest BCUT2D eigenvalue weighted by molar-refractivity contribution is -0.130. The molecule has 0 N–H and O–H groups in total. The van der Waals surface area contributed by atoms with Gasteiger partial charge < -0.3 is 14.5 Å². The Balaban J connectivity index is 2.41. The van der Waals surface area contributed by atoms with E-state index in [1.54, 1.807) is 39.8 Å². The molecule has 0 spiro atoms. The molecule has 0 aliphatic carbocycles. The summed E-state index contributed by atoms with van der Waals surface area (Å²) in [4.78, 5) is 26.9. The third-order valence-electron chi connectivity index (χ3n) is 3.08. The third-order valence-corrected chi connectivity index (χ3v) is 3.08. The van der Waals surface area contributed by atoms with Crippen LogP contribution in [0.25, 0.3) is 0 Å². The quantitative estimate of drug-likeness (QED) is 0.840. The molecule has 0 bridgehead atoms. The topological polar surface area (TPSA) is 49.9 Å². The van der Waals surface area contributed by atoms with Crippen LogP contribution in [0.1, 0.15) is 26.3 Å². The Morgan fingerprint density at radius 2 is 1.64 bits per heavy atom. The summed E-state index contributed by atoms with van der Waals surface area (Å²) in [5.74, 6) is -0.107. The van der Waals surface area contributed by atoms with Crippen molar-refractivity contribution in [2.24, 2.45) is 0 Å². The highest BCUT2D eigenvalue weighted by molar-refractivity contribution is 5.82. The summed E-state index contributed by atoms with van der Waals surface area (Å²) in [6, 6.07) is 9.99. The molecule has 1 aromatic rings. The van der Waals surface area contributed by atoms with Crippen molar-refractivity contribution < 1.29 is 14.3 Å². The Kier molecular flexibility index (Phi) is 6.40. The van der Waals surface area contributed by atoms with Gasteiger partial charge in [0.1, 0.15) is 12.1 Å². The molecule has 2 amide bonds. The SMILES string of the molecule is CN(CCc1ccccc1)C(=O)CN(C)C(=O)OC(C)(C)C. The van der Waals surface area contributed by atoms with E-state index in [0.29, 0.717) is 6.54 Å². The van der Waals surface area contributed by atoms with Gasteiger partial charge in [-0.1, -0.05) is 30.3 Å². The summed E-state index contributed by atoms with van der Waals surface area (Å²) >= 11 is 0. The highest BCUT2D eigenvalue weighted by atomic mass is 16.6. The van der Waals surface area contributed by atoms with E-state index < -0.39 is 11.7 Å². The third kappa shape index (κ3) is 6.61. The van der Waals surface area contributed by atoms with Crippen LogP contribution in [0.3, 0.4) is 0 Å². The van der Waals surface area contributed by atoms with Gasteiger partial charge in [0.05, 0.1) is 0 Å². The number of nitrogens with zero attached hydrogens (tertiary/aromatic N) is 2. The van der Waals surface area contributed by atoms with Gasteiger partial charge in [0.15, 0.2) is 0 Å². The first-order chi connectivity index (χ1) is 10.2. The summed E-state index contributed by atoms with van der Waals surface area (Å²) in [7, 11) is 3.31. The van der Waals surface area contributed by atoms with Crippen molar-refractivity contribution in [2.75, 3.05) is 27.2 Å². The molecule has 122 valence electrons. The predicted molar refractivity (Wildman–Crippen MR) is 86.6 cm³/mol. The number of hydrogen-bond donors (Lipinski definition) is 0. The fraction of sp³-hybridized carbons (Fsp3) is 0.529. The van der Waals surface area contributed by atoms with Crippen LogP contribution in [0.15, 0.2) is 30.3 Å². The molecule has 1 rings (SSSR count). The van der Waals surface area contributed by atoms with Crippen molar-refractivity contribution in [2.45, 2.75) is 32.8 Å². The van der Waals surface area contributed by atoms with Crippen LogP contribution < -0.4 is 0 Å². The number of amides is 2. The highest BCUT2D eigenvalue weighted by Gasteiger charge is 2.22. The van der Waals surface area contributed by atoms with Gasteiger partial charge in [0.25, 0.3) is 0 Å². The van der Waals surface area contributed by atoms with Gasteiger partial charge in [-0.05, 0) is 32.8 Å². The predicted octanol–water partition coefficient (Wildman–Crippen LogP) is 2.55. The van der Waals surface area contributed by atoms with Crippen LogP contribution in [0, 0.1) is 0 Å². The monoisotopic (exact) mass is 306 g/mol. The minimum Gasteiger partial charge on any atom is -0.444 e. The molecular formula is C17H26N2O3. The fourth-order valence-corrected chi connectivity index (χ4v) is 1.79. The van der Waals surface area contributed by atoms with Crippen molar-refractivity contribution in [3.05, 3.63) is 35.9 Å². The summed E-state index contributed by atoms with van der Waals surface area (Å²) in [5, 5.41) is 0. The molecule has 22 heavy (non-hydrogen) atoms. The molecule has 0 saturated carbocycles. The molecule has 0 aliphatic heterocycles. The normalized spacial score (nSPS) is 11.0. The van der Waals surface area contributed by atoms with Gasteiger partial charge in [-0.15, -0.1) is 0 Å².